The second-order valence-electron chi connectivity index (χ2n) is 4.79. The highest BCUT2D eigenvalue weighted by atomic mass is 79.9. The molecule has 1 heterocycles. The van der Waals surface area contributed by atoms with Gasteiger partial charge < -0.3 is 9.47 Å². The SMILES string of the molecule is COc1ccc(Oc2c(Cl)cnn(-c3ccc(Br)cc3)c2=O)cc1. The van der Waals surface area contributed by atoms with Gasteiger partial charge in [-0.05, 0) is 48.5 Å². The van der Waals surface area contributed by atoms with Crippen LogP contribution in [0.1, 0.15) is 0 Å². The Hall–Kier alpha value is -2.31. The molecule has 0 radical (unpaired) electrons. The molecule has 0 saturated heterocycles. The van der Waals surface area contributed by atoms with Gasteiger partial charge in [-0.2, -0.15) is 9.78 Å². The van der Waals surface area contributed by atoms with Crippen molar-refractivity contribution in [2.45, 2.75) is 0 Å². The van der Waals surface area contributed by atoms with Crippen molar-refractivity contribution in [3.8, 4) is 22.9 Å². The average molecular weight is 408 g/mol. The molecule has 0 aliphatic carbocycles. The van der Waals surface area contributed by atoms with Gasteiger partial charge in [0, 0.05) is 4.47 Å². The smallest absolute Gasteiger partial charge is 0.316 e. The van der Waals surface area contributed by atoms with Gasteiger partial charge in [0.15, 0.2) is 0 Å². The third kappa shape index (κ3) is 3.44. The summed E-state index contributed by atoms with van der Waals surface area (Å²) in [6.07, 6.45) is 1.38. The van der Waals surface area contributed by atoms with E-state index < -0.39 is 5.56 Å². The fourth-order valence-electron chi connectivity index (χ4n) is 2.04. The molecule has 0 atom stereocenters. The van der Waals surface area contributed by atoms with E-state index in [1.165, 1.54) is 10.9 Å². The summed E-state index contributed by atoms with van der Waals surface area (Å²) >= 11 is 9.44. The zero-order valence-electron chi connectivity index (χ0n) is 12.6. The molecule has 0 amide bonds. The molecule has 0 saturated carbocycles. The maximum absolute atomic E-state index is 12.7. The maximum atomic E-state index is 12.7. The summed E-state index contributed by atoms with van der Waals surface area (Å²) < 4.78 is 12.9. The molecular weight excluding hydrogens is 396 g/mol. The van der Waals surface area contributed by atoms with Crippen molar-refractivity contribution < 1.29 is 9.47 Å². The van der Waals surface area contributed by atoms with Crippen LogP contribution in [0.3, 0.4) is 0 Å². The van der Waals surface area contributed by atoms with Gasteiger partial charge in [-0.15, -0.1) is 0 Å². The van der Waals surface area contributed by atoms with Crippen molar-refractivity contribution in [3.63, 3.8) is 0 Å². The van der Waals surface area contributed by atoms with E-state index in [9.17, 15) is 4.79 Å². The topological polar surface area (TPSA) is 53.4 Å². The highest BCUT2D eigenvalue weighted by molar-refractivity contribution is 9.10. The molecule has 5 nitrogen and oxygen atoms in total. The molecule has 0 unspecified atom stereocenters. The molecule has 2 aromatic carbocycles. The second-order valence-corrected chi connectivity index (χ2v) is 6.12. The van der Waals surface area contributed by atoms with Gasteiger partial charge in [0.1, 0.15) is 16.5 Å². The summed E-state index contributed by atoms with van der Waals surface area (Å²) in [6.45, 7) is 0. The van der Waals surface area contributed by atoms with Gasteiger partial charge in [-0.1, -0.05) is 27.5 Å². The number of ether oxygens (including phenoxy) is 2. The van der Waals surface area contributed by atoms with E-state index in [1.54, 1.807) is 43.5 Å². The summed E-state index contributed by atoms with van der Waals surface area (Å²) in [5, 5.41) is 4.21. The first-order chi connectivity index (χ1) is 11.6. The van der Waals surface area contributed by atoms with Crippen LogP contribution in [-0.4, -0.2) is 16.9 Å². The average Bonchev–Trinajstić information content (AvgIpc) is 2.60. The zero-order chi connectivity index (χ0) is 17.1. The van der Waals surface area contributed by atoms with E-state index in [-0.39, 0.29) is 10.8 Å². The van der Waals surface area contributed by atoms with Crippen molar-refractivity contribution in [3.05, 3.63) is 74.6 Å². The number of rotatable bonds is 4. The fourth-order valence-corrected chi connectivity index (χ4v) is 2.47. The summed E-state index contributed by atoms with van der Waals surface area (Å²) in [6, 6.07) is 14.0. The van der Waals surface area contributed by atoms with Gasteiger partial charge in [-0.3, -0.25) is 4.79 Å². The molecule has 24 heavy (non-hydrogen) atoms. The highest BCUT2D eigenvalue weighted by Crippen LogP contribution is 2.27. The van der Waals surface area contributed by atoms with E-state index in [4.69, 9.17) is 21.1 Å². The Morgan fingerprint density at radius 1 is 1.04 bits per heavy atom. The van der Waals surface area contributed by atoms with Crippen LogP contribution in [0, 0.1) is 0 Å². The van der Waals surface area contributed by atoms with E-state index in [0.717, 1.165) is 4.47 Å². The van der Waals surface area contributed by atoms with Crippen LogP contribution in [0.15, 0.2) is 64.0 Å². The van der Waals surface area contributed by atoms with Crippen molar-refractivity contribution in [1.29, 1.82) is 0 Å². The monoisotopic (exact) mass is 406 g/mol. The lowest BCUT2D eigenvalue weighted by atomic mass is 10.3. The van der Waals surface area contributed by atoms with Crippen molar-refractivity contribution in [1.82, 2.24) is 9.78 Å². The highest BCUT2D eigenvalue weighted by Gasteiger charge is 2.14. The Balaban J connectivity index is 1.99. The van der Waals surface area contributed by atoms with Crippen molar-refractivity contribution >= 4 is 27.5 Å². The number of halogens is 2. The summed E-state index contributed by atoms with van der Waals surface area (Å²) in [4.78, 5) is 12.7. The van der Waals surface area contributed by atoms with Crippen LogP contribution in [0.2, 0.25) is 5.02 Å². The molecule has 0 fully saturated rings. The van der Waals surface area contributed by atoms with Gasteiger partial charge >= 0.3 is 5.56 Å². The Morgan fingerprint density at radius 3 is 2.29 bits per heavy atom. The van der Waals surface area contributed by atoms with Crippen molar-refractivity contribution in [2.75, 3.05) is 7.11 Å². The van der Waals surface area contributed by atoms with Crippen molar-refractivity contribution in [2.24, 2.45) is 0 Å². The quantitative estimate of drug-likeness (QED) is 0.641. The zero-order valence-corrected chi connectivity index (χ0v) is 14.9. The molecule has 0 spiro atoms. The fraction of sp³-hybridized carbons (Fsp3) is 0.0588. The van der Waals surface area contributed by atoms with E-state index in [2.05, 4.69) is 21.0 Å². The van der Waals surface area contributed by atoms with Gasteiger partial charge in [0.05, 0.1) is 19.0 Å². The Labute approximate surface area is 151 Å². The molecule has 0 aliphatic heterocycles. The molecule has 7 heteroatoms. The number of benzene rings is 2. The normalized spacial score (nSPS) is 10.5. The minimum Gasteiger partial charge on any atom is -0.497 e. The van der Waals surface area contributed by atoms with Crippen LogP contribution in [-0.2, 0) is 0 Å². The minimum absolute atomic E-state index is 0.0137. The Morgan fingerprint density at radius 2 is 1.67 bits per heavy atom. The Kier molecular flexibility index (Phi) is 4.87. The van der Waals surface area contributed by atoms with E-state index in [0.29, 0.717) is 17.2 Å². The molecule has 0 N–H and O–H groups in total. The molecule has 3 rings (SSSR count). The molecule has 1 aromatic heterocycles. The largest absolute Gasteiger partial charge is 0.497 e. The van der Waals surface area contributed by atoms with Crippen LogP contribution in [0.5, 0.6) is 17.2 Å². The molecule has 3 aromatic rings. The summed E-state index contributed by atoms with van der Waals surface area (Å²) in [7, 11) is 1.58. The number of aromatic nitrogens is 2. The predicted molar refractivity (Wildman–Crippen MR) is 95.6 cm³/mol. The number of methoxy groups -OCH3 is 1. The predicted octanol–water partition coefficient (Wildman–Crippen LogP) is 4.45. The summed E-state index contributed by atoms with van der Waals surface area (Å²) in [5.41, 5.74) is 0.167. The molecule has 0 bridgehead atoms. The lowest BCUT2D eigenvalue weighted by molar-refractivity contribution is 0.412. The first-order valence-corrected chi connectivity index (χ1v) is 8.11. The van der Waals surface area contributed by atoms with Gasteiger partial charge in [0.25, 0.3) is 0 Å². The first kappa shape index (κ1) is 16.5. The van der Waals surface area contributed by atoms with E-state index >= 15 is 0 Å². The molecule has 0 aliphatic rings. The lowest BCUT2D eigenvalue weighted by Gasteiger charge is -2.10. The number of nitrogens with zero attached hydrogens (tertiary/aromatic N) is 2. The lowest BCUT2D eigenvalue weighted by Crippen LogP contribution is -2.22. The van der Waals surface area contributed by atoms with Gasteiger partial charge in [-0.25, -0.2) is 0 Å². The summed E-state index contributed by atoms with van der Waals surface area (Å²) in [5.74, 6) is 1.18. The van der Waals surface area contributed by atoms with Crippen LogP contribution < -0.4 is 15.0 Å². The molecular formula is C17H12BrClN2O3. The van der Waals surface area contributed by atoms with Crippen LogP contribution in [0.4, 0.5) is 0 Å². The van der Waals surface area contributed by atoms with E-state index in [1.807, 2.05) is 12.1 Å². The third-order valence-electron chi connectivity index (χ3n) is 3.24. The number of hydrogen-bond donors (Lipinski definition) is 0. The van der Waals surface area contributed by atoms with Gasteiger partial charge in [0.2, 0.25) is 5.75 Å². The van der Waals surface area contributed by atoms with Crippen LogP contribution in [0.25, 0.3) is 5.69 Å². The third-order valence-corrected chi connectivity index (χ3v) is 4.04. The number of hydrogen-bond acceptors (Lipinski definition) is 4. The first-order valence-electron chi connectivity index (χ1n) is 6.94. The standard InChI is InChI=1S/C17H12BrClN2O3/c1-23-13-6-8-14(9-7-13)24-16-15(19)10-20-21(17(16)22)12-4-2-11(18)3-5-12/h2-10H,1H3. The minimum atomic E-state index is -0.444. The molecule has 122 valence electrons. The van der Waals surface area contributed by atoms with Crippen LogP contribution >= 0.6 is 27.5 Å². The Bertz CT molecular complexity index is 909. The second kappa shape index (κ2) is 7.07. The maximum Gasteiger partial charge on any atom is 0.316 e.